The Bertz CT molecular complexity index is 1000. The van der Waals surface area contributed by atoms with Crippen molar-refractivity contribution >= 4 is 11.6 Å². The summed E-state index contributed by atoms with van der Waals surface area (Å²) in [5, 5.41) is 20.1. The Morgan fingerprint density at radius 3 is 2.61 bits per heavy atom. The Hall–Kier alpha value is -3.26. The minimum atomic E-state index is -0.392. The molecule has 4 rings (SSSR count). The Morgan fingerprint density at radius 1 is 1.13 bits per heavy atom. The summed E-state index contributed by atoms with van der Waals surface area (Å²) in [7, 11) is 0. The zero-order valence-electron chi connectivity index (χ0n) is 17.7. The molecule has 2 heterocycles. The van der Waals surface area contributed by atoms with Crippen LogP contribution in [0.4, 0.5) is 11.6 Å². The first kappa shape index (κ1) is 21.0. The molecule has 0 N–H and O–H groups in total. The molecule has 162 valence electrons. The molecule has 3 aromatic rings. The Balaban J connectivity index is 1.67. The van der Waals surface area contributed by atoms with Gasteiger partial charge in [-0.15, -0.1) is 10.2 Å². The van der Waals surface area contributed by atoms with Gasteiger partial charge in [-0.2, -0.15) is 0 Å². The maximum Gasteiger partial charge on any atom is 0.269 e. The molecular formula is C23H27N5O3. The van der Waals surface area contributed by atoms with Gasteiger partial charge in [0.25, 0.3) is 5.69 Å². The van der Waals surface area contributed by atoms with Crippen LogP contribution in [0.3, 0.4) is 0 Å². The van der Waals surface area contributed by atoms with E-state index in [-0.39, 0.29) is 11.7 Å². The van der Waals surface area contributed by atoms with Crippen LogP contribution in [-0.2, 0) is 11.3 Å². The molecule has 1 fully saturated rings. The van der Waals surface area contributed by atoms with Crippen molar-refractivity contribution in [2.45, 2.75) is 38.8 Å². The molecule has 1 aliphatic heterocycles. The first-order valence-corrected chi connectivity index (χ1v) is 10.8. The van der Waals surface area contributed by atoms with E-state index in [2.05, 4.69) is 43.9 Å². The molecule has 1 saturated heterocycles. The molecule has 1 atom stereocenters. The quantitative estimate of drug-likeness (QED) is 0.285. The lowest BCUT2D eigenvalue weighted by Gasteiger charge is -2.26. The summed E-state index contributed by atoms with van der Waals surface area (Å²) in [5.41, 5.74) is 2.16. The predicted molar refractivity (Wildman–Crippen MR) is 119 cm³/mol. The van der Waals surface area contributed by atoms with E-state index in [1.165, 1.54) is 17.7 Å². The van der Waals surface area contributed by atoms with E-state index in [1.807, 2.05) is 13.0 Å². The van der Waals surface area contributed by atoms with Gasteiger partial charge in [-0.1, -0.05) is 30.3 Å². The lowest BCUT2D eigenvalue weighted by Crippen LogP contribution is -2.26. The van der Waals surface area contributed by atoms with Gasteiger partial charge in [0.15, 0.2) is 5.82 Å². The molecule has 31 heavy (non-hydrogen) atoms. The predicted octanol–water partition coefficient (Wildman–Crippen LogP) is 4.62. The lowest BCUT2D eigenvalue weighted by molar-refractivity contribution is -0.384. The van der Waals surface area contributed by atoms with Crippen molar-refractivity contribution in [3.05, 3.63) is 70.3 Å². The number of ether oxygens (including phenoxy) is 1. The summed E-state index contributed by atoms with van der Waals surface area (Å²) in [6.07, 6.45) is 3.00. The number of nitro groups is 1. The Labute approximate surface area is 181 Å². The maximum absolute atomic E-state index is 11.0. The molecule has 2 aromatic carbocycles. The van der Waals surface area contributed by atoms with Gasteiger partial charge in [-0.25, -0.2) is 0 Å². The van der Waals surface area contributed by atoms with Crippen molar-refractivity contribution in [1.82, 2.24) is 14.8 Å². The zero-order chi connectivity index (χ0) is 21.6. The van der Waals surface area contributed by atoms with E-state index in [9.17, 15) is 10.1 Å². The Kier molecular flexibility index (Phi) is 6.57. The second kappa shape index (κ2) is 9.70. The van der Waals surface area contributed by atoms with E-state index in [4.69, 9.17) is 4.74 Å². The molecule has 0 saturated carbocycles. The highest BCUT2D eigenvalue weighted by Crippen LogP contribution is 2.36. The van der Waals surface area contributed by atoms with E-state index >= 15 is 0 Å². The molecule has 0 aliphatic carbocycles. The van der Waals surface area contributed by atoms with Gasteiger partial charge in [0.05, 0.1) is 11.0 Å². The maximum atomic E-state index is 11.0. The van der Waals surface area contributed by atoms with Crippen molar-refractivity contribution in [1.29, 1.82) is 0 Å². The van der Waals surface area contributed by atoms with Crippen LogP contribution in [-0.4, -0.2) is 39.4 Å². The third-order valence-electron chi connectivity index (χ3n) is 5.64. The summed E-state index contributed by atoms with van der Waals surface area (Å²) in [6, 6.07) is 17.3. The zero-order valence-corrected chi connectivity index (χ0v) is 17.7. The third-order valence-corrected chi connectivity index (χ3v) is 5.64. The van der Waals surface area contributed by atoms with Gasteiger partial charge < -0.3 is 9.64 Å². The highest BCUT2D eigenvalue weighted by Gasteiger charge is 2.30. The largest absolute Gasteiger partial charge is 0.382 e. The molecule has 8 heteroatoms. The van der Waals surface area contributed by atoms with E-state index < -0.39 is 4.92 Å². The second-order valence-electron chi connectivity index (χ2n) is 7.59. The highest BCUT2D eigenvalue weighted by atomic mass is 16.6. The van der Waals surface area contributed by atoms with Gasteiger partial charge in [0, 0.05) is 44.0 Å². The van der Waals surface area contributed by atoms with Gasteiger partial charge in [0.2, 0.25) is 5.95 Å². The van der Waals surface area contributed by atoms with Crippen LogP contribution >= 0.6 is 0 Å². The van der Waals surface area contributed by atoms with E-state index in [1.54, 1.807) is 12.1 Å². The van der Waals surface area contributed by atoms with Crippen LogP contribution in [0.2, 0.25) is 0 Å². The fourth-order valence-electron chi connectivity index (χ4n) is 4.16. The molecular weight excluding hydrogens is 394 g/mol. The normalized spacial score (nSPS) is 16.0. The summed E-state index contributed by atoms with van der Waals surface area (Å²) in [4.78, 5) is 13.0. The van der Waals surface area contributed by atoms with Gasteiger partial charge in [0.1, 0.15) is 0 Å². The average molecular weight is 422 g/mol. The number of benzene rings is 2. The van der Waals surface area contributed by atoms with Crippen LogP contribution in [0, 0.1) is 10.1 Å². The molecule has 0 bridgehead atoms. The van der Waals surface area contributed by atoms with Crippen molar-refractivity contribution in [3.63, 3.8) is 0 Å². The molecule has 0 spiro atoms. The van der Waals surface area contributed by atoms with Crippen molar-refractivity contribution in [2.24, 2.45) is 0 Å². The van der Waals surface area contributed by atoms with Crippen LogP contribution in [0.5, 0.6) is 0 Å². The number of rotatable bonds is 9. The second-order valence-corrected chi connectivity index (χ2v) is 7.59. The van der Waals surface area contributed by atoms with Crippen LogP contribution in [0.1, 0.15) is 37.8 Å². The van der Waals surface area contributed by atoms with E-state index in [0.717, 1.165) is 43.1 Å². The minimum absolute atomic E-state index is 0.0649. The summed E-state index contributed by atoms with van der Waals surface area (Å²) < 4.78 is 7.66. The molecule has 0 amide bonds. The number of hydrogen-bond donors (Lipinski definition) is 0. The van der Waals surface area contributed by atoms with Crippen LogP contribution in [0.15, 0.2) is 54.6 Å². The standard InChI is InChI=1S/C23H27N5O3/c1-2-31-17-7-16-27-22(19-11-13-20(14-12-19)28(29)30)24-25-23(27)26-15-6-10-21(26)18-8-4-3-5-9-18/h3-5,8-9,11-14,21H,2,6-7,10,15-17H2,1H3. The lowest BCUT2D eigenvalue weighted by atomic mass is 10.1. The minimum Gasteiger partial charge on any atom is -0.382 e. The van der Waals surface area contributed by atoms with Crippen molar-refractivity contribution in [3.8, 4) is 11.4 Å². The number of hydrogen-bond acceptors (Lipinski definition) is 6. The molecule has 1 aliphatic rings. The average Bonchev–Trinajstić information content (AvgIpc) is 3.44. The monoisotopic (exact) mass is 421 g/mol. The first-order valence-electron chi connectivity index (χ1n) is 10.8. The molecule has 1 unspecified atom stereocenters. The van der Waals surface area contributed by atoms with Gasteiger partial charge >= 0.3 is 0 Å². The fraction of sp³-hybridized carbons (Fsp3) is 0.391. The number of non-ortho nitro benzene ring substituents is 1. The third kappa shape index (κ3) is 4.59. The number of anilines is 1. The smallest absolute Gasteiger partial charge is 0.269 e. The van der Waals surface area contributed by atoms with Gasteiger partial charge in [-0.3, -0.25) is 14.7 Å². The first-order chi connectivity index (χ1) is 15.2. The van der Waals surface area contributed by atoms with Crippen molar-refractivity contribution < 1.29 is 9.66 Å². The molecule has 8 nitrogen and oxygen atoms in total. The van der Waals surface area contributed by atoms with Crippen LogP contribution < -0.4 is 4.90 Å². The summed E-state index contributed by atoms with van der Waals surface area (Å²) in [6.45, 7) is 4.97. The number of nitro benzene ring substituents is 1. The SMILES string of the molecule is CCOCCCn1c(-c2ccc([N+](=O)[O-])cc2)nnc1N1CCCC1c1ccccc1. The highest BCUT2D eigenvalue weighted by molar-refractivity contribution is 5.60. The van der Waals surface area contributed by atoms with Gasteiger partial charge in [-0.05, 0) is 43.9 Å². The molecule has 1 aromatic heterocycles. The summed E-state index contributed by atoms with van der Waals surface area (Å²) in [5.74, 6) is 1.57. The van der Waals surface area contributed by atoms with E-state index in [0.29, 0.717) is 19.8 Å². The van der Waals surface area contributed by atoms with Crippen LogP contribution in [0.25, 0.3) is 11.4 Å². The summed E-state index contributed by atoms with van der Waals surface area (Å²) >= 11 is 0. The number of aromatic nitrogens is 3. The Morgan fingerprint density at radius 2 is 1.90 bits per heavy atom. The van der Waals surface area contributed by atoms with Crippen molar-refractivity contribution in [2.75, 3.05) is 24.7 Å². The molecule has 0 radical (unpaired) electrons. The number of nitrogens with zero attached hydrogens (tertiary/aromatic N) is 5. The fourth-order valence-corrected chi connectivity index (χ4v) is 4.16. The topological polar surface area (TPSA) is 86.3 Å².